The average molecular weight is 402 g/mol. The Morgan fingerprint density at radius 3 is 2.00 bits per heavy atom. The summed E-state index contributed by atoms with van der Waals surface area (Å²) in [6.07, 6.45) is 4.57. The second-order valence-corrected chi connectivity index (χ2v) is 8.05. The molecule has 0 unspecified atom stereocenters. The normalized spacial score (nSPS) is 17.3. The van der Waals surface area contributed by atoms with Gasteiger partial charge in [0.05, 0.1) is 6.61 Å². The van der Waals surface area contributed by atoms with Crippen LogP contribution in [-0.4, -0.2) is 29.3 Å². The van der Waals surface area contributed by atoms with Crippen LogP contribution in [0.2, 0.25) is 0 Å². The van der Waals surface area contributed by atoms with Gasteiger partial charge in [0.1, 0.15) is 12.3 Å². The molecular formula is C27H31NO2. The van der Waals surface area contributed by atoms with Gasteiger partial charge in [0.2, 0.25) is 0 Å². The smallest absolute Gasteiger partial charge is 0.111 e. The molecule has 3 nitrogen and oxygen atoms in total. The fourth-order valence-electron chi connectivity index (χ4n) is 4.22. The Labute approximate surface area is 179 Å². The Balaban J connectivity index is 1.47. The maximum absolute atomic E-state index is 9.24. The minimum absolute atomic E-state index is 0.0539. The van der Waals surface area contributed by atoms with Crippen molar-refractivity contribution in [1.82, 2.24) is 4.90 Å². The molecule has 1 fully saturated rings. The van der Waals surface area contributed by atoms with Crippen LogP contribution >= 0.6 is 0 Å². The predicted molar refractivity (Wildman–Crippen MR) is 121 cm³/mol. The molecule has 1 atom stereocenters. The maximum atomic E-state index is 9.24. The van der Waals surface area contributed by atoms with E-state index in [1.54, 1.807) is 0 Å². The van der Waals surface area contributed by atoms with E-state index in [1.165, 1.54) is 29.5 Å². The maximum Gasteiger partial charge on any atom is 0.111 e. The number of hydrogen-bond donors (Lipinski definition) is 1. The Bertz CT molecular complexity index is 840. The molecule has 0 aromatic heterocycles. The molecule has 0 radical (unpaired) electrons. The highest BCUT2D eigenvalue weighted by Gasteiger charge is 2.27. The number of hydrogen-bond acceptors (Lipinski definition) is 3. The van der Waals surface area contributed by atoms with E-state index >= 15 is 0 Å². The summed E-state index contributed by atoms with van der Waals surface area (Å²) >= 11 is 0. The molecule has 0 spiro atoms. The first-order valence-corrected chi connectivity index (χ1v) is 11.0. The van der Waals surface area contributed by atoms with E-state index in [0.717, 1.165) is 31.5 Å². The van der Waals surface area contributed by atoms with E-state index in [2.05, 4.69) is 77.7 Å². The highest BCUT2D eigenvalue weighted by molar-refractivity contribution is 5.30. The van der Waals surface area contributed by atoms with Crippen LogP contribution in [0.5, 0.6) is 0 Å². The number of aliphatic hydroxyl groups is 1. The third kappa shape index (κ3) is 5.37. The second-order valence-electron chi connectivity index (χ2n) is 8.05. The van der Waals surface area contributed by atoms with Gasteiger partial charge in [-0.1, -0.05) is 84.9 Å². The summed E-state index contributed by atoms with van der Waals surface area (Å²) < 4.78 is 6.79. The zero-order chi connectivity index (χ0) is 20.6. The van der Waals surface area contributed by atoms with Crippen LogP contribution in [0.25, 0.3) is 0 Å². The average Bonchev–Trinajstić information content (AvgIpc) is 2.83. The monoisotopic (exact) mass is 401 g/mol. The molecule has 4 rings (SSSR count). The number of ether oxygens (including phenoxy) is 1. The summed E-state index contributed by atoms with van der Waals surface area (Å²) in [6.45, 7) is 2.16. The Morgan fingerprint density at radius 2 is 1.40 bits per heavy atom. The SMILES string of the molecule is OCc1ccc(CCN2CCCC[C@H]2OC(c2ccccc2)c2ccccc2)cc1. The minimum Gasteiger partial charge on any atom is -0.392 e. The molecule has 1 aliphatic rings. The summed E-state index contributed by atoms with van der Waals surface area (Å²) in [6, 6.07) is 29.4. The molecule has 3 aromatic rings. The lowest BCUT2D eigenvalue weighted by molar-refractivity contribution is -0.105. The van der Waals surface area contributed by atoms with Crippen molar-refractivity contribution < 1.29 is 9.84 Å². The molecule has 156 valence electrons. The molecule has 0 aliphatic carbocycles. The molecule has 3 aromatic carbocycles. The first-order chi connectivity index (χ1) is 14.8. The number of rotatable bonds is 8. The summed E-state index contributed by atoms with van der Waals surface area (Å²) in [7, 11) is 0. The summed E-state index contributed by atoms with van der Waals surface area (Å²) in [5.41, 5.74) is 4.67. The molecule has 0 saturated carbocycles. The topological polar surface area (TPSA) is 32.7 Å². The van der Waals surface area contributed by atoms with Crippen LogP contribution in [0.15, 0.2) is 84.9 Å². The van der Waals surface area contributed by atoms with E-state index in [4.69, 9.17) is 4.74 Å². The van der Waals surface area contributed by atoms with E-state index in [9.17, 15) is 5.11 Å². The van der Waals surface area contributed by atoms with Crippen LogP contribution in [0.1, 0.15) is 47.6 Å². The van der Waals surface area contributed by atoms with Crippen LogP contribution in [0.3, 0.4) is 0 Å². The van der Waals surface area contributed by atoms with Crippen LogP contribution in [0.4, 0.5) is 0 Å². The Kier molecular flexibility index (Phi) is 7.30. The predicted octanol–water partition coefficient (Wildman–Crippen LogP) is 5.34. The van der Waals surface area contributed by atoms with Crippen molar-refractivity contribution >= 4 is 0 Å². The van der Waals surface area contributed by atoms with Crippen molar-refractivity contribution in [2.75, 3.05) is 13.1 Å². The summed E-state index contributed by atoms with van der Waals surface area (Å²) in [5, 5.41) is 9.24. The van der Waals surface area contributed by atoms with Gasteiger partial charge in [-0.2, -0.15) is 0 Å². The van der Waals surface area contributed by atoms with E-state index < -0.39 is 0 Å². The molecule has 1 heterocycles. The van der Waals surface area contributed by atoms with Crippen molar-refractivity contribution in [2.24, 2.45) is 0 Å². The molecule has 30 heavy (non-hydrogen) atoms. The first-order valence-electron chi connectivity index (χ1n) is 11.0. The Morgan fingerprint density at radius 1 is 0.800 bits per heavy atom. The van der Waals surface area contributed by atoms with Crippen LogP contribution in [-0.2, 0) is 17.8 Å². The fraction of sp³-hybridized carbons (Fsp3) is 0.333. The van der Waals surface area contributed by atoms with Crippen LogP contribution < -0.4 is 0 Å². The number of piperidine rings is 1. The Hall–Kier alpha value is -2.46. The highest BCUT2D eigenvalue weighted by atomic mass is 16.5. The number of likely N-dealkylation sites (tertiary alicyclic amines) is 1. The molecule has 1 N–H and O–H groups in total. The number of benzene rings is 3. The van der Waals surface area contributed by atoms with Crippen molar-refractivity contribution in [2.45, 2.75) is 44.6 Å². The number of nitrogens with zero attached hydrogens (tertiary/aromatic N) is 1. The lowest BCUT2D eigenvalue weighted by Gasteiger charge is -2.38. The molecular weight excluding hydrogens is 370 g/mol. The molecule has 1 saturated heterocycles. The first kappa shape index (κ1) is 20.8. The highest BCUT2D eigenvalue weighted by Crippen LogP contribution is 2.31. The van der Waals surface area contributed by atoms with E-state index in [0.29, 0.717) is 0 Å². The van der Waals surface area contributed by atoms with Gasteiger partial charge in [0.15, 0.2) is 0 Å². The van der Waals surface area contributed by atoms with Gasteiger partial charge < -0.3 is 9.84 Å². The third-order valence-electron chi connectivity index (χ3n) is 5.94. The summed E-state index contributed by atoms with van der Waals surface area (Å²) in [5.74, 6) is 0. The van der Waals surface area contributed by atoms with Crippen molar-refractivity contribution in [3.8, 4) is 0 Å². The number of aliphatic hydroxyl groups excluding tert-OH is 1. The van der Waals surface area contributed by atoms with Gasteiger partial charge in [-0.05, 0) is 47.9 Å². The fourth-order valence-corrected chi connectivity index (χ4v) is 4.22. The van der Waals surface area contributed by atoms with Crippen molar-refractivity contribution in [3.05, 3.63) is 107 Å². The van der Waals surface area contributed by atoms with E-state index in [1.807, 2.05) is 12.1 Å². The zero-order valence-electron chi connectivity index (χ0n) is 17.5. The van der Waals surface area contributed by atoms with Gasteiger partial charge in [-0.25, -0.2) is 0 Å². The lowest BCUT2D eigenvalue weighted by atomic mass is 10.0. The largest absolute Gasteiger partial charge is 0.392 e. The van der Waals surface area contributed by atoms with Crippen LogP contribution in [0, 0.1) is 0 Å². The molecule has 0 amide bonds. The van der Waals surface area contributed by atoms with Crippen molar-refractivity contribution in [1.29, 1.82) is 0 Å². The van der Waals surface area contributed by atoms with Gasteiger partial charge in [0, 0.05) is 13.1 Å². The standard InChI is InChI=1S/C27H31NO2/c29-21-23-16-14-22(15-17-23)18-20-28-19-8-7-13-26(28)30-27(24-9-3-1-4-10-24)25-11-5-2-6-12-25/h1-6,9-12,14-17,26-27,29H,7-8,13,18-21H2/t26-/m1/s1. The van der Waals surface area contributed by atoms with Gasteiger partial charge in [-0.3, -0.25) is 4.90 Å². The summed E-state index contributed by atoms with van der Waals surface area (Å²) in [4.78, 5) is 2.50. The molecule has 1 aliphatic heterocycles. The van der Waals surface area contributed by atoms with Crippen molar-refractivity contribution in [3.63, 3.8) is 0 Å². The lowest BCUT2D eigenvalue weighted by Crippen LogP contribution is -2.43. The van der Waals surface area contributed by atoms with E-state index in [-0.39, 0.29) is 18.9 Å². The van der Waals surface area contributed by atoms with Gasteiger partial charge >= 0.3 is 0 Å². The zero-order valence-corrected chi connectivity index (χ0v) is 17.5. The quantitative estimate of drug-likeness (QED) is 0.553. The second kappa shape index (κ2) is 10.5. The third-order valence-corrected chi connectivity index (χ3v) is 5.94. The van der Waals surface area contributed by atoms with Gasteiger partial charge in [-0.15, -0.1) is 0 Å². The molecule has 0 bridgehead atoms. The minimum atomic E-state index is -0.0539. The molecule has 3 heteroatoms. The van der Waals surface area contributed by atoms with Gasteiger partial charge in [0.25, 0.3) is 0 Å².